The van der Waals surface area contributed by atoms with Crippen LogP contribution < -0.4 is 5.32 Å². The van der Waals surface area contributed by atoms with Gasteiger partial charge in [-0.1, -0.05) is 0 Å². The minimum absolute atomic E-state index is 0.294. The summed E-state index contributed by atoms with van der Waals surface area (Å²) in [6.07, 6.45) is 2.37. The highest BCUT2D eigenvalue weighted by molar-refractivity contribution is 14.2. The minimum Gasteiger partial charge on any atom is -0.315 e. The molecular weight excluding hydrogens is 277 g/mol. The summed E-state index contributed by atoms with van der Waals surface area (Å²) in [5, 5.41) is 3.07. The maximum absolute atomic E-state index is 10.0. The van der Waals surface area contributed by atoms with Gasteiger partial charge in [0.1, 0.15) is 6.29 Å². The fourth-order valence-corrected chi connectivity index (χ4v) is 1.34. The largest absolute Gasteiger partial charge is 0.315 e. The van der Waals surface area contributed by atoms with Crippen molar-refractivity contribution in [3.05, 3.63) is 0 Å². The molecule has 0 saturated carbocycles. The van der Waals surface area contributed by atoms with Crippen LogP contribution in [0.4, 0.5) is 0 Å². The highest BCUT2D eigenvalue weighted by Crippen LogP contribution is 2.13. The Balaban J connectivity index is 3.32. The standard InChI is InChI=1S/C6H12INO2S/c1-8-6(3-2-4-9)5-10-11-7/h4,6,8H,2-3,5H2,1H3. The van der Waals surface area contributed by atoms with E-state index in [1.54, 1.807) is 0 Å². The average Bonchev–Trinajstić information content (AvgIpc) is 2.05. The molecule has 66 valence electrons. The van der Waals surface area contributed by atoms with Crippen LogP contribution in [0.1, 0.15) is 12.8 Å². The zero-order valence-electron chi connectivity index (χ0n) is 6.38. The van der Waals surface area contributed by atoms with Crippen molar-refractivity contribution in [1.29, 1.82) is 0 Å². The first-order valence-electron chi connectivity index (χ1n) is 3.36. The van der Waals surface area contributed by atoms with Gasteiger partial charge in [0, 0.05) is 33.7 Å². The van der Waals surface area contributed by atoms with Crippen LogP contribution in [0.5, 0.6) is 0 Å². The van der Waals surface area contributed by atoms with Crippen LogP contribution in [0, 0.1) is 0 Å². The molecule has 0 aliphatic rings. The number of rotatable bonds is 7. The Labute approximate surface area is 83.4 Å². The van der Waals surface area contributed by atoms with Gasteiger partial charge < -0.3 is 14.3 Å². The van der Waals surface area contributed by atoms with Crippen LogP contribution >= 0.6 is 30.4 Å². The lowest BCUT2D eigenvalue weighted by molar-refractivity contribution is -0.108. The second-order valence-corrected chi connectivity index (χ2v) is 3.52. The van der Waals surface area contributed by atoms with E-state index in [2.05, 4.69) is 26.5 Å². The predicted molar refractivity (Wildman–Crippen MR) is 55.7 cm³/mol. The molecule has 0 radical (unpaired) electrons. The first-order chi connectivity index (χ1) is 5.35. The quantitative estimate of drug-likeness (QED) is 0.438. The Kier molecular flexibility index (Phi) is 9.30. The number of hydrogen-bond donors (Lipinski definition) is 1. The van der Waals surface area contributed by atoms with Crippen LogP contribution in [0.15, 0.2) is 0 Å². The third-order valence-corrected chi connectivity index (χ3v) is 2.34. The lowest BCUT2D eigenvalue weighted by Crippen LogP contribution is -2.29. The number of carbonyl (C=O) groups excluding carboxylic acids is 1. The fourth-order valence-electron chi connectivity index (χ4n) is 0.688. The summed E-state index contributed by atoms with van der Waals surface area (Å²) in [4.78, 5) is 10.0. The van der Waals surface area contributed by atoms with Gasteiger partial charge in [-0.05, 0) is 13.5 Å². The van der Waals surface area contributed by atoms with Crippen molar-refractivity contribution < 1.29 is 8.98 Å². The molecule has 0 heterocycles. The zero-order chi connectivity index (χ0) is 8.53. The molecule has 0 aliphatic heterocycles. The first kappa shape index (κ1) is 11.7. The lowest BCUT2D eigenvalue weighted by atomic mass is 10.2. The molecule has 0 aromatic heterocycles. The minimum atomic E-state index is 0.294. The van der Waals surface area contributed by atoms with E-state index < -0.39 is 0 Å². The van der Waals surface area contributed by atoms with Crippen LogP contribution in [-0.4, -0.2) is 26.0 Å². The van der Waals surface area contributed by atoms with Crippen LogP contribution in [0.25, 0.3) is 0 Å². The van der Waals surface area contributed by atoms with E-state index in [1.165, 1.54) is 9.21 Å². The Hall–Kier alpha value is 0.670. The van der Waals surface area contributed by atoms with Crippen LogP contribution in [0.2, 0.25) is 0 Å². The van der Waals surface area contributed by atoms with Crippen LogP contribution in [0.3, 0.4) is 0 Å². The monoisotopic (exact) mass is 289 g/mol. The molecule has 0 bridgehead atoms. The number of nitrogens with one attached hydrogen (secondary N) is 1. The number of likely N-dealkylation sites (N-methyl/N-ethyl adjacent to an activating group) is 1. The van der Waals surface area contributed by atoms with Crippen molar-refractivity contribution in [2.75, 3.05) is 13.7 Å². The molecule has 11 heavy (non-hydrogen) atoms. The van der Waals surface area contributed by atoms with Gasteiger partial charge in [0.2, 0.25) is 0 Å². The van der Waals surface area contributed by atoms with Crippen molar-refractivity contribution >= 4 is 36.7 Å². The summed E-state index contributed by atoms with van der Waals surface area (Å²) in [5.74, 6) is 0. The Morgan fingerprint density at radius 3 is 3.00 bits per heavy atom. The second-order valence-electron chi connectivity index (χ2n) is 2.08. The van der Waals surface area contributed by atoms with Crippen molar-refractivity contribution in [2.45, 2.75) is 18.9 Å². The highest BCUT2D eigenvalue weighted by Gasteiger charge is 2.04. The molecule has 1 N–H and O–H groups in total. The summed E-state index contributed by atoms with van der Waals surface area (Å²) in [6, 6.07) is 0.294. The predicted octanol–water partition coefficient (Wildman–Crippen LogP) is 1.57. The van der Waals surface area contributed by atoms with Crippen molar-refractivity contribution in [3.63, 3.8) is 0 Å². The molecule has 0 rings (SSSR count). The van der Waals surface area contributed by atoms with E-state index in [0.29, 0.717) is 19.1 Å². The van der Waals surface area contributed by atoms with E-state index >= 15 is 0 Å². The number of halogens is 1. The fraction of sp³-hybridized carbons (Fsp3) is 0.833. The molecule has 0 amide bonds. The molecule has 5 heteroatoms. The Bertz CT molecular complexity index is 105. The van der Waals surface area contributed by atoms with Gasteiger partial charge in [-0.25, -0.2) is 0 Å². The molecule has 1 atom stereocenters. The zero-order valence-corrected chi connectivity index (χ0v) is 9.35. The normalized spacial score (nSPS) is 12.9. The topological polar surface area (TPSA) is 38.3 Å². The van der Waals surface area contributed by atoms with Crippen molar-refractivity contribution in [1.82, 2.24) is 5.32 Å². The maximum Gasteiger partial charge on any atom is 0.120 e. The smallest absolute Gasteiger partial charge is 0.120 e. The molecule has 1 unspecified atom stereocenters. The molecular formula is C6H12INO2S. The Morgan fingerprint density at radius 2 is 2.55 bits per heavy atom. The van der Waals surface area contributed by atoms with E-state index in [9.17, 15) is 4.79 Å². The van der Waals surface area contributed by atoms with E-state index in [1.807, 2.05) is 7.05 Å². The summed E-state index contributed by atoms with van der Waals surface area (Å²) >= 11 is 2.07. The SMILES string of the molecule is CNC(CCC=O)COSI. The first-order valence-corrected chi connectivity index (χ1v) is 6.64. The van der Waals surface area contributed by atoms with Crippen molar-refractivity contribution in [2.24, 2.45) is 0 Å². The summed E-state index contributed by atoms with van der Waals surface area (Å²) in [7, 11) is 3.19. The average molecular weight is 289 g/mol. The van der Waals surface area contributed by atoms with Crippen LogP contribution in [-0.2, 0) is 8.98 Å². The summed E-state index contributed by atoms with van der Waals surface area (Å²) in [5.41, 5.74) is 0. The highest BCUT2D eigenvalue weighted by atomic mass is 127. The molecule has 0 saturated heterocycles. The number of hydrogen-bond acceptors (Lipinski definition) is 4. The lowest BCUT2D eigenvalue weighted by Gasteiger charge is -2.12. The van der Waals surface area contributed by atoms with Gasteiger partial charge in [0.05, 0.1) is 15.8 Å². The Morgan fingerprint density at radius 1 is 1.82 bits per heavy atom. The number of carbonyl (C=O) groups is 1. The van der Waals surface area contributed by atoms with Gasteiger partial charge >= 0.3 is 0 Å². The van der Waals surface area contributed by atoms with E-state index in [-0.39, 0.29) is 0 Å². The molecule has 0 aromatic rings. The van der Waals surface area contributed by atoms with Gasteiger partial charge in [-0.15, -0.1) is 0 Å². The van der Waals surface area contributed by atoms with Gasteiger partial charge in [-0.2, -0.15) is 0 Å². The molecule has 0 fully saturated rings. The van der Waals surface area contributed by atoms with Gasteiger partial charge in [0.15, 0.2) is 0 Å². The third kappa shape index (κ3) is 7.04. The summed E-state index contributed by atoms with van der Waals surface area (Å²) in [6.45, 7) is 0.651. The molecule has 0 aliphatic carbocycles. The molecule has 0 aromatic carbocycles. The summed E-state index contributed by atoms with van der Waals surface area (Å²) < 4.78 is 5.11. The van der Waals surface area contributed by atoms with Crippen molar-refractivity contribution in [3.8, 4) is 0 Å². The van der Waals surface area contributed by atoms with E-state index in [4.69, 9.17) is 4.18 Å². The van der Waals surface area contributed by atoms with Gasteiger partial charge in [-0.3, -0.25) is 0 Å². The number of aldehydes is 1. The molecule has 0 spiro atoms. The van der Waals surface area contributed by atoms with E-state index in [0.717, 1.165) is 12.7 Å². The maximum atomic E-state index is 10.0. The third-order valence-electron chi connectivity index (χ3n) is 1.35. The molecule has 3 nitrogen and oxygen atoms in total. The second kappa shape index (κ2) is 8.76. The van der Waals surface area contributed by atoms with Gasteiger partial charge in [0.25, 0.3) is 0 Å².